The van der Waals surface area contributed by atoms with Gasteiger partial charge in [0.2, 0.25) is 0 Å². The molecule has 2 heterocycles. The number of hydrogen-bond acceptors (Lipinski definition) is 2. The minimum absolute atomic E-state index is 0.160. The van der Waals surface area contributed by atoms with Crippen molar-refractivity contribution in [1.29, 1.82) is 0 Å². The van der Waals surface area contributed by atoms with Crippen molar-refractivity contribution in [2.45, 2.75) is 37.8 Å². The van der Waals surface area contributed by atoms with E-state index in [2.05, 4.69) is 21.2 Å². The first-order valence-electron chi connectivity index (χ1n) is 6.36. The molecule has 2 aliphatic heterocycles. The topological polar surface area (TPSA) is 29.1 Å². The Hall–Kier alpha value is -0.740. The fourth-order valence-corrected chi connectivity index (χ4v) is 3.59. The molecule has 0 radical (unpaired) electrons. The fourth-order valence-electron chi connectivity index (χ4n) is 3.16. The Bertz CT molecular complexity index is 491. The number of hydrogen-bond donors (Lipinski definition) is 1. The molecular formula is C14H15BrFNO. The number of halogens is 2. The van der Waals surface area contributed by atoms with E-state index in [1.807, 2.05) is 0 Å². The van der Waals surface area contributed by atoms with E-state index in [1.165, 1.54) is 12.5 Å². The summed E-state index contributed by atoms with van der Waals surface area (Å²) in [5, 5.41) is 3.47. The molecule has 2 nitrogen and oxygen atoms in total. The first-order valence-corrected chi connectivity index (χ1v) is 7.15. The van der Waals surface area contributed by atoms with Gasteiger partial charge in [-0.25, -0.2) is 4.39 Å². The lowest BCUT2D eigenvalue weighted by Crippen LogP contribution is -2.29. The summed E-state index contributed by atoms with van der Waals surface area (Å²) in [6.45, 7) is 0. The second kappa shape index (κ2) is 4.74. The summed E-state index contributed by atoms with van der Waals surface area (Å²) in [6.07, 6.45) is 3.71. The molecule has 1 aromatic rings. The predicted molar refractivity (Wildman–Crippen MR) is 70.9 cm³/mol. The minimum Gasteiger partial charge on any atom is -0.310 e. The molecule has 2 bridgehead atoms. The summed E-state index contributed by atoms with van der Waals surface area (Å²) in [6, 6.07) is 5.73. The molecule has 0 saturated carbocycles. The van der Waals surface area contributed by atoms with E-state index in [4.69, 9.17) is 0 Å². The van der Waals surface area contributed by atoms with E-state index in [9.17, 15) is 9.18 Å². The number of nitrogens with one attached hydrogen (secondary N) is 1. The number of carbonyl (C=O) groups is 1. The van der Waals surface area contributed by atoms with Gasteiger partial charge in [0.15, 0.2) is 0 Å². The second-order valence-corrected chi connectivity index (χ2v) is 6.14. The smallest absolute Gasteiger partial charge is 0.141 e. The van der Waals surface area contributed by atoms with Crippen LogP contribution < -0.4 is 5.32 Å². The summed E-state index contributed by atoms with van der Waals surface area (Å²) >= 11 is 3.15. The number of fused-ring (bicyclic) bond motifs is 2. The van der Waals surface area contributed by atoms with Gasteiger partial charge in [-0.05, 0) is 52.9 Å². The van der Waals surface area contributed by atoms with Crippen LogP contribution in [0.1, 0.15) is 24.8 Å². The van der Waals surface area contributed by atoms with E-state index in [1.54, 1.807) is 12.1 Å². The third-order valence-corrected chi connectivity index (χ3v) is 4.68. The zero-order chi connectivity index (χ0) is 12.7. The average Bonchev–Trinajstić information content (AvgIpc) is 2.96. The van der Waals surface area contributed by atoms with Gasteiger partial charge in [0.25, 0.3) is 0 Å². The molecule has 0 spiro atoms. The van der Waals surface area contributed by atoms with Gasteiger partial charge in [-0.2, -0.15) is 0 Å². The molecule has 96 valence electrons. The quantitative estimate of drug-likeness (QED) is 0.930. The van der Waals surface area contributed by atoms with Crippen LogP contribution in [0, 0.1) is 11.7 Å². The van der Waals surface area contributed by atoms with Crippen LogP contribution in [0.4, 0.5) is 4.39 Å². The van der Waals surface area contributed by atoms with Crippen molar-refractivity contribution in [3.05, 3.63) is 34.1 Å². The number of rotatable bonds is 3. The first kappa shape index (κ1) is 12.3. The molecule has 0 aliphatic carbocycles. The Morgan fingerprint density at radius 3 is 2.89 bits per heavy atom. The van der Waals surface area contributed by atoms with Crippen LogP contribution in [0.2, 0.25) is 0 Å². The van der Waals surface area contributed by atoms with Crippen molar-refractivity contribution >= 4 is 21.7 Å². The van der Waals surface area contributed by atoms with Crippen molar-refractivity contribution in [2.24, 2.45) is 5.92 Å². The van der Waals surface area contributed by atoms with Gasteiger partial charge in [-0.1, -0.05) is 6.07 Å². The molecule has 0 aromatic heterocycles. The Kier molecular flexibility index (Phi) is 3.24. The average molecular weight is 312 g/mol. The van der Waals surface area contributed by atoms with Crippen molar-refractivity contribution in [3.63, 3.8) is 0 Å². The van der Waals surface area contributed by atoms with Crippen molar-refractivity contribution in [2.75, 3.05) is 0 Å². The van der Waals surface area contributed by atoms with E-state index in [0.29, 0.717) is 23.0 Å². The molecule has 2 fully saturated rings. The third-order valence-electron chi connectivity index (χ3n) is 4.08. The van der Waals surface area contributed by atoms with Crippen LogP contribution in [0.3, 0.4) is 0 Å². The molecule has 4 heteroatoms. The van der Waals surface area contributed by atoms with Crippen LogP contribution in [-0.2, 0) is 11.2 Å². The van der Waals surface area contributed by atoms with Crippen LogP contribution in [0.5, 0.6) is 0 Å². The number of benzene rings is 1. The molecule has 3 unspecified atom stereocenters. The summed E-state index contributed by atoms with van der Waals surface area (Å²) in [5.41, 5.74) is 0.885. The second-order valence-electron chi connectivity index (χ2n) is 5.28. The zero-order valence-corrected chi connectivity index (χ0v) is 11.5. The largest absolute Gasteiger partial charge is 0.310 e. The van der Waals surface area contributed by atoms with Crippen LogP contribution in [-0.4, -0.2) is 17.9 Å². The minimum atomic E-state index is -0.284. The molecule has 3 rings (SSSR count). The van der Waals surface area contributed by atoms with Gasteiger partial charge in [-0.15, -0.1) is 0 Å². The van der Waals surface area contributed by atoms with E-state index < -0.39 is 0 Å². The summed E-state index contributed by atoms with van der Waals surface area (Å²) < 4.78 is 13.5. The van der Waals surface area contributed by atoms with Gasteiger partial charge in [0.05, 0.1) is 4.47 Å². The van der Waals surface area contributed by atoms with Crippen molar-refractivity contribution < 1.29 is 9.18 Å². The molecular weight excluding hydrogens is 297 g/mol. The van der Waals surface area contributed by atoms with Crippen LogP contribution in [0.25, 0.3) is 0 Å². The lowest BCUT2D eigenvalue weighted by atomic mass is 9.84. The number of carbonyl (C=O) groups excluding carboxylic acids is 1. The zero-order valence-electron chi connectivity index (χ0n) is 9.96. The SMILES string of the molecule is O=C(Cc1ccc(F)c(Br)c1)C1CC2CCC1N2. The number of Topliss-reactive ketones (excluding diaryl/α,β-unsaturated/α-hetero) is 1. The van der Waals surface area contributed by atoms with Gasteiger partial charge in [-0.3, -0.25) is 4.79 Å². The van der Waals surface area contributed by atoms with E-state index >= 15 is 0 Å². The summed E-state index contributed by atoms with van der Waals surface area (Å²) in [4.78, 5) is 12.3. The van der Waals surface area contributed by atoms with E-state index in [0.717, 1.165) is 18.4 Å². The molecule has 0 amide bonds. The van der Waals surface area contributed by atoms with E-state index in [-0.39, 0.29) is 17.5 Å². The van der Waals surface area contributed by atoms with Crippen molar-refractivity contribution in [1.82, 2.24) is 5.32 Å². The third kappa shape index (κ3) is 2.24. The monoisotopic (exact) mass is 311 g/mol. The highest BCUT2D eigenvalue weighted by molar-refractivity contribution is 9.10. The highest BCUT2D eigenvalue weighted by atomic mass is 79.9. The van der Waals surface area contributed by atoms with Crippen LogP contribution in [0.15, 0.2) is 22.7 Å². The van der Waals surface area contributed by atoms with Gasteiger partial charge < -0.3 is 5.32 Å². The maximum absolute atomic E-state index is 13.1. The van der Waals surface area contributed by atoms with Gasteiger partial charge in [0.1, 0.15) is 11.6 Å². The maximum atomic E-state index is 13.1. The lowest BCUT2D eigenvalue weighted by molar-refractivity contribution is -0.122. The van der Waals surface area contributed by atoms with Gasteiger partial charge >= 0.3 is 0 Å². The Morgan fingerprint density at radius 2 is 2.28 bits per heavy atom. The molecule has 2 aliphatic rings. The standard InChI is InChI=1S/C14H15BrFNO/c15-11-5-8(1-3-12(11)16)6-14(18)10-7-9-2-4-13(10)17-9/h1,3,5,9-10,13,17H,2,4,6-7H2. The molecule has 1 N–H and O–H groups in total. The summed E-state index contributed by atoms with van der Waals surface area (Å²) in [5.74, 6) is 0.161. The Labute approximate surface area is 114 Å². The highest BCUT2D eigenvalue weighted by Gasteiger charge is 2.42. The fraction of sp³-hybridized carbons (Fsp3) is 0.500. The van der Waals surface area contributed by atoms with Crippen molar-refractivity contribution in [3.8, 4) is 0 Å². The predicted octanol–water partition coefficient (Wildman–Crippen LogP) is 2.84. The lowest BCUT2D eigenvalue weighted by Gasteiger charge is -2.18. The van der Waals surface area contributed by atoms with Crippen LogP contribution >= 0.6 is 15.9 Å². The highest BCUT2D eigenvalue weighted by Crippen LogP contribution is 2.34. The molecule has 1 aromatic carbocycles. The maximum Gasteiger partial charge on any atom is 0.141 e. The molecule has 18 heavy (non-hydrogen) atoms. The van der Waals surface area contributed by atoms with Gasteiger partial charge in [0, 0.05) is 24.4 Å². The summed E-state index contributed by atoms with van der Waals surface area (Å²) in [7, 11) is 0. The first-order chi connectivity index (χ1) is 8.63. The normalized spacial score (nSPS) is 29.8. The molecule has 3 atom stereocenters. The Morgan fingerprint density at radius 1 is 1.44 bits per heavy atom. The Balaban J connectivity index is 1.69. The molecule has 2 saturated heterocycles. The number of ketones is 1.